The number of carbonyl (C=O) groups is 2. The summed E-state index contributed by atoms with van der Waals surface area (Å²) in [5, 5.41) is 6.67. The van der Waals surface area contributed by atoms with Crippen LogP contribution in [-0.4, -0.2) is 21.5 Å². The van der Waals surface area contributed by atoms with Gasteiger partial charge in [0, 0.05) is 10.6 Å². The summed E-state index contributed by atoms with van der Waals surface area (Å²) in [6.07, 6.45) is 0. The van der Waals surface area contributed by atoms with Crippen LogP contribution in [0.3, 0.4) is 0 Å². The van der Waals surface area contributed by atoms with E-state index >= 15 is 0 Å². The molecule has 2 aromatic carbocycles. The Hall–Kier alpha value is -2.38. The lowest BCUT2D eigenvalue weighted by molar-refractivity contribution is -0.126. The zero-order valence-corrected chi connectivity index (χ0v) is 15.3. The van der Waals surface area contributed by atoms with Crippen molar-refractivity contribution in [1.29, 1.82) is 0 Å². The molecule has 0 fully saturated rings. The molecule has 1 aliphatic rings. The number of rotatable bonds is 2. The zero-order chi connectivity index (χ0) is 17.6. The number of thioether (sulfide) groups is 1. The molecule has 0 bridgehead atoms. The SMILES string of the molecule is Cc1nc2ccc(NC(=O)C3(C)Sc4ccccc4NC3=O)cc2s1. The van der Waals surface area contributed by atoms with Crippen molar-refractivity contribution in [3.05, 3.63) is 47.5 Å². The van der Waals surface area contributed by atoms with Crippen LogP contribution in [-0.2, 0) is 9.59 Å². The van der Waals surface area contributed by atoms with E-state index in [9.17, 15) is 9.59 Å². The second-order valence-corrected chi connectivity index (χ2v) is 8.65. The summed E-state index contributed by atoms with van der Waals surface area (Å²) in [6, 6.07) is 13.0. The summed E-state index contributed by atoms with van der Waals surface area (Å²) in [4.78, 5) is 30.7. The highest BCUT2D eigenvalue weighted by atomic mass is 32.2. The van der Waals surface area contributed by atoms with Crippen LogP contribution in [0.15, 0.2) is 47.4 Å². The minimum atomic E-state index is -1.23. The molecule has 0 saturated carbocycles. The Balaban J connectivity index is 1.62. The van der Waals surface area contributed by atoms with Crippen LogP contribution in [0.1, 0.15) is 11.9 Å². The van der Waals surface area contributed by atoms with Crippen molar-refractivity contribution in [2.45, 2.75) is 23.5 Å². The molecule has 1 aliphatic heterocycles. The monoisotopic (exact) mass is 369 g/mol. The summed E-state index contributed by atoms with van der Waals surface area (Å²) in [5.74, 6) is -0.659. The highest BCUT2D eigenvalue weighted by Gasteiger charge is 2.45. The molecule has 7 heteroatoms. The number of carbonyl (C=O) groups excluding carboxylic acids is 2. The minimum absolute atomic E-state index is 0.316. The largest absolute Gasteiger partial charge is 0.324 e. The standard InChI is InChI=1S/C18H15N3O2S2/c1-10-19-13-8-7-11(9-15(13)24-10)20-16(22)18(2)17(23)21-12-5-3-4-6-14(12)25-18/h3-9H,1-2H3,(H,20,22)(H,21,23). The number of thiazole rings is 1. The molecule has 0 aliphatic carbocycles. The van der Waals surface area contributed by atoms with E-state index in [0.29, 0.717) is 5.69 Å². The first-order valence-electron chi connectivity index (χ1n) is 7.74. The van der Waals surface area contributed by atoms with Gasteiger partial charge in [-0.15, -0.1) is 11.3 Å². The van der Waals surface area contributed by atoms with Gasteiger partial charge in [-0.1, -0.05) is 23.9 Å². The highest BCUT2D eigenvalue weighted by Crippen LogP contribution is 2.42. The van der Waals surface area contributed by atoms with Gasteiger partial charge in [0.25, 0.3) is 0 Å². The number of benzene rings is 2. The van der Waals surface area contributed by atoms with Crippen molar-refractivity contribution in [2.24, 2.45) is 0 Å². The number of aromatic nitrogens is 1. The molecule has 1 atom stereocenters. The Morgan fingerprint density at radius 2 is 2.04 bits per heavy atom. The minimum Gasteiger partial charge on any atom is -0.324 e. The van der Waals surface area contributed by atoms with Crippen molar-refractivity contribution in [3.63, 3.8) is 0 Å². The molecule has 1 unspecified atom stereocenters. The lowest BCUT2D eigenvalue weighted by Gasteiger charge is -2.31. The summed E-state index contributed by atoms with van der Waals surface area (Å²) < 4.78 is -0.223. The van der Waals surface area contributed by atoms with E-state index in [2.05, 4.69) is 15.6 Å². The van der Waals surface area contributed by atoms with Gasteiger partial charge < -0.3 is 10.6 Å². The van der Waals surface area contributed by atoms with Gasteiger partial charge in [0.2, 0.25) is 11.8 Å². The summed E-state index contributed by atoms with van der Waals surface area (Å²) in [6.45, 7) is 3.60. The molecule has 0 radical (unpaired) electrons. The number of para-hydroxylation sites is 1. The van der Waals surface area contributed by atoms with Crippen LogP contribution in [0.25, 0.3) is 10.2 Å². The molecule has 1 aromatic heterocycles. The van der Waals surface area contributed by atoms with Gasteiger partial charge in [-0.2, -0.15) is 0 Å². The fourth-order valence-electron chi connectivity index (χ4n) is 2.68. The van der Waals surface area contributed by atoms with Gasteiger partial charge in [-0.25, -0.2) is 4.98 Å². The Kier molecular flexibility index (Phi) is 3.77. The van der Waals surface area contributed by atoms with Crippen LogP contribution in [0.5, 0.6) is 0 Å². The fraction of sp³-hybridized carbons (Fsp3) is 0.167. The van der Waals surface area contributed by atoms with Crippen LogP contribution >= 0.6 is 23.1 Å². The van der Waals surface area contributed by atoms with Gasteiger partial charge in [0.05, 0.1) is 20.9 Å². The second-order valence-electron chi connectivity index (χ2n) is 5.96. The molecule has 0 spiro atoms. The number of hydrogen-bond donors (Lipinski definition) is 2. The van der Waals surface area contributed by atoms with Crippen LogP contribution in [0.4, 0.5) is 11.4 Å². The smallest absolute Gasteiger partial charge is 0.250 e. The third kappa shape index (κ3) is 2.79. The second kappa shape index (κ2) is 5.86. The topological polar surface area (TPSA) is 71.1 Å². The number of anilines is 2. The Labute approximate surface area is 152 Å². The van der Waals surface area contributed by atoms with Gasteiger partial charge in [-0.05, 0) is 44.2 Å². The number of aryl methyl sites for hydroxylation is 1. The zero-order valence-electron chi connectivity index (χ0n) is 13.6. The van der Waals surface area contributed by atoms with E-state index in [1.165, 1.54) is 11.8 Å². The molecule has 25 heavy (non-hydrogen) atoms. The molecular weight excluding hydrogens is 354 g/mol. The van der Waals surface area contributed by atoms with Crippen molar-refractivity contribution in [2.75, 3.05) is 10.6 Å². The average Bonchev–Trinajstić information content (AvgIpc) is 2.95. The summed E-state index contributed by atoms with van der Waals surface area (Å²) in [5.41, 5.74) is 2.31. The lowest BCUT2D eigenvalue weighted by Crippen LogP contribution is -2.49. The van der Waals surface area contributed by atoms with Gasteiger partial charge >= 0.3 is 0 Å². The van der Waals surface area contributed by atoms with Crippen LogP contribution in [0, 0.1) is 6.92 Å². The van der Waals surface area contributed by atoms with Crippen molar-refractivity contribution in [3.8, 4) is 0 Å². The molecule has 0 saturated heterocycles. The predicted molar refractivity (Wildman–Crippen MR) is 102 cm³/mol. The first-order valence-corrected chi connectivity index (χ1v) is 9.37. The molecule has 5 nitrogen and oxygen atoms in total. The van der Waals surface area contributed by atoms with Crippen LogP contribution in [0.2, 0.25) is 0 Å². The number of nitrogens with zero attached hydrogens (tertiary/aromatic N) is 1. The molecule has 3 aromatic rings. The highest BCUT2D eigenvalue weighted by molar-refractivity contribution is 8.02. The maximum absolute atomic E-state index is 12.8. The first-order chi connectivity index (χ1) is 12.0. The Morgan fingerprint density at radius 1 is 1.24 bits per heavy atom. The maximum Gasteiger partial charge on any atom is 0.250 e. The molecule has 2 amide bonds. The van der Waals surface area contributed by atoms with Gasteiger partial charge in [-0.3, -0.25) is 9.59 Å². The molecule has 4 rings (SSSR count). The van der Waals surface area contributed by atoms with Gasteiger partial charge in [0.15, 0.2) is 4.75 Å². The molecule has 126 valence electrons. The van der Waals surface area contributed by atoms with Crippen molar-refractivity contribution in [1.82, 2.24) is 4.98 Å². The Morgan fingerprint density at radius 3 is 2.88 bits per heavy atom. The van der Waals surface area contributed by atoms with E-state index < -0.39 is 4.75 Å². The Bertz CT molecular complexity index is 1010. The summed E-state index contributed by atoms with van der Waals surface area (Å²) >= 11 is 2.84. The molecular formula is C18H15N3O2S2. The van der Waals surface area contributed by atoms with E-state index in [1.54, 1.807) is 18.3 Å². The molecule has 2 N–H and O–H groups in total. The maximum atomic E-state index is 12.8. The fourth-order valence-corrected chi connectivity index (χ4v) is 4.65. The van der Waals surface area contributed by atoms with E-state index in [-0.39, 0.29) is 11.8 Å². The molecule has 2 heterocycles. The van der Waals surface area contributed by atoms with E-state index in [0.717, 1.165) is 25.8 Å². The van der Waals surface area contributed by atoms with Crippen molar-refractivity contribution < 1.29 is 9.59 Å². The average molecular weight is 369 g/mol. The third-order valence-electron chi connectivity index (χ3n) is 4.07. The van der Waals surface area contributed by atoms with Gasteiger partial charge in [0.1, 0.15) is 0 Å². The number of hydrogen-bond acceptors (Lipinski definition) is 5. The third-order valence-corrected chi connectivity index (χ3v) is 6.36. The summed E-state index contributed by atoms with van der Waals surface area (Å²) in [7, 11) is 0. The normalized spacial score (nSPS) is 19.4. The number of nitrogens with one attached hydrogen (secondary N) is 2. The number of fused-ring (bicyclic) bond motifs is 2. The predicted octanol–water partition coefficient (Wildman–Crippen LogP) is 4.05. The van der Waals surface area contributed by atoms with E-state index in [1.807, 2.05) is 49.4 Å². The van der Waals surface area contributed by atoms with Crippen molar-refractivity contribution >= 4 is 56.5 Å². The van der Waals surface area contributed by atoms with E-state index in [4.69, 9.17) is 0 Å². The number of amides is 2. The quantitative estimate of drug-likeness (QED) is 0.669. The first kappa shape index (κ1) is 16.1. The van der Waals surface area contributed by atoms with Crippen LogP contribution < -0.4 is 10.6 Å². The lowest BCUT2D eigenvalue weighted by atomic mass is 10.1.